The minimum Gasteiger partial charge on any atom is -0.480 e. The number of halogens is 3. The van der Waals surface area contributed by atoms with Gasteiger partial charge in [0, 0.05) is 43.2 Å². The zero-order valence-electron chi connectivity index (χ0n) is 19.7. The first-order chi connectivity index (χ1) is 17.2. The lowest BCUT2D eigenvalue weighted by Gasteiger charge is -2.27. The maximum atomic E-state index is 13.2. The topological polar surface area (TPSA) is 99.6 Å². The van der Waals surface area contributed by atoms with Crippen molar-refractivity contribution >= 4 is 58.1 Å². The van der Waals surface area contributed by atoms with Crippen molar-refractivity contribution in [2.45, 2.75) is 51.5 Å². The molecule has 1 aromatic heterocycles. The summed E-state index contributed by atoms with van der Waals surface area (Å²) in [4.78, 5) is 43.1. The third kappa shape index (κ3) is 5.53. The Bertz CT molecular complexity index is 1230. The number of ketones is 1. The second-order valence-electron chi connectivity index (χ2n) is 9.17. The number of carbonyl (C=O) groups excluding carboxylic acids is 2. The standard InChI is InChI=1S/C26H26Cl3N3O4/c1-2-3-14-9-19(24(29)22(33)11-14)31-20(26(35)36)10-15-4-5-21-16(8-15)6-7-32(21)25(34)23-17(27)12-30-13-18(23)28/h4-5,8,12-14,20,31H,2-3,6-7,9-11H2,1H3,(H,35,36). The number of fused-ring (bicyclic) bond motifs is 1. The van der Waals surface area contributed by atoms with Gasteiger partial charge in [-0.05, 0) is 42.4 Å². The van der Waals surface area contributed by atoms with Gasteiger partial charge in [-0.25, -0.2) is 4.79 Å². The van der Waals surface area contributed by atoms with Gasteiger partial charge in [-0.2, -0.15) is 0 Å². The van der Waals surface area contributed by atoms with Gasteiger partial charge in [0.2, 0.25) is 0 Å². The smallest absolute Gasteiger partial charge is 0.326 e. The second kappa shape index (κ2) is 11.2. The predicted octanol–water partition coefficient (Wildman–Crippen LogP) is 5.41. The molecule has 0 saturated carbocycles. The predicted molar refractivity (Wildman–Crippen MR) is 140 cm³/mol. The Morgan fingerprint density at radius 1 is 1.19 bits per heavy atom. The number of Topliss-reactive ketones (excluding diaryl/α,β-unsaturated/α-hetero) is 1. The van der Waals surface area contributed by atoms with E-state index in [1.54, 1.807) is 11.0 Å². The fourth-order valence-electron chi connectivity index (χ4n) is 4.89. The van der Waals surface area contributed by atoms with E-state index in [1.165, 1.54) is 12.4 Å². The SMILES string of the molecule is CCCC1CC(=O)C(Cl)=C(NC(Cc2ccc3c(c2)CCN3C(=O)c2c(Cl)cncc2Cl)C(=O)O)C1. The zero-order valence-corrected chi connectivity index (χ0v) is 22.0. The molecule has 36 heavy (non-hydrogen) atoms. The van der Waals surface area contributed by atoms with E-state index in [2.05, 4.69) is 17.2 Å². The van der Waals surface area contributed by atoms with Crippen LogP contribution < -0.4 is 10.2 Å². The average Bonchev–Trinajstić information content (AvgIpc) is 3.25. The van der Waals surface area contributed by atoms with E-state index < -0.39 is 12.0 Å². The van der Waals surface area contributed by atoms with Gasteiger partial charge in [0.1, 0.15) is 11.1 Å². The number of anilines is 1. The van der Waals surface area contributed by atoms with Gasteiger partial charge in [-0.1, -0.05) is 60.3 Å². The fourth-order valence-corrected chi connectivity index (χ4v) is 5.63. The average molecular weight is 551 g/mol. The number of hydrogen-bond donors (Lipinski definition) is 2. The summed E-state index contributed by atoms with van der Waals surface area (Å²) >= 11 is 18.6. The third-order valence-electron chi connectivity index (χ3n) is 6.61. The molecule has 190 valence electrons. The molecule has 1 amide bonds. The van der Waals surface area contributed by atoms with E-state index in [-0.39, 0.29) is 44.7 Å². The van der Waals surface area contributed by atoms with Crippen molar-refractivity contribution in [2.75, 3.05) is 11.4 Å². The minimum absolute atomic E-state index is 0.102. The highest BCUT2D eigenvalue weighted by atomic mass is 35.5. The molecule has 1 aromatic carbocycles. The summed E-state index contributed by atoms with van der Waals surface area (Å²) in [5.74, 6) is -1.33. The maximum absolute atomic E-state index is 13.2. The molecule has 2 atom stereocenters. The van der Waals surface area contributed by atoms with Crippen LogP contribution in [0.25, 0.3) is 0 Å². The molecule has 10 heteroatoms. The highest BCUT2D eigenvalue weighted by Crippen LogP contribution is 2.34. The Morgan fingerprint density at radius 2 is 1.92 bits per heavy atom. The lowest BCUT2D eigenvalue weighted by atomic mass is 9.87. The summed E-state index contributed by atoms with van der Waals surface area (Å²) in [6, 6.07) is 4.58. The number of pyridine rings is 1. The number of amides is 1. The van der Waals surface area contributed by atoms with Gasteiger partial charge >= 0.3 is 5.97 Å². The van der Waals surface area contributed by atoms with E-state index >= 15 is 0 Å². The Hall–Kier alpha value is -2.61. The highest BCUT2D eigenvalue weighted by molar-refractivity contribution is 6.43. The molecule has 2 N–H and O–H groups in total. The largest absolute Gasteiger partial charge is 0.480 e. The molecule has 2 unspecified atom stereocenters. The molecule has 4 rings (SSSR count). The second-order valence-corrected chi connectivity index (χ2v) is 10.4. The van der Waals surface area contributed by atoms with E-state index in [0.717, 1.165) is 29.7 Å². The molecule has 2 aliphatic rings. The first kappa shape index (κ1) is 26.5. The normalized spacial score (nSPS) is 18.3. The van der Waals surface area contributed by atoms with Crippen LogP contribution in [-0.2, 0) is 22.4 Å². The van der Waals surface area contributed by atoms with Gasteiger partial charge in [-0.3, -0.25) is 14.6 Å². The summed E-state index contributed by atoms with van der Waals surface area (Å²) in [5, 5.41) is 13.4. The Kier molecular flexibility index (Phi) is 8.23. The molecular weight excluding hydrogens is 525 g/mol. The minimum atomic E-state index is -1.03. The van der Waals surface area contributed by atoms with Gasteiger partial charge in [-0.15, -0.1) is 0 Å². The molecule has 7 nitrogen and oxygen atoms in total. The summed E-state index contributed by atoms with van der Waals surface area (Å²) in [6.45, 7) is 2.51. The van der Waals surface area contributed by atoms with Gasteiger partial charge in [0.15, 0.2) is 5.78 Å². The number of hydrogen-bond acceptors (Lipinski definition) is 5. The number of aliphatic carboxylic acids is 1. The van der Waals surface area contributed by atoms with Crippen LogP contribution in [0.1, 0.15) is 54.1 Å². The van der Waals surface area contributed by atoms with E-state index in [4.69, 9.17) is 34.8 Å². The lowest BCUT2D eigenvalue weighted by molar-refractivity contribution is -0.139. The van der Waals surface area contributed by atoms with E-state index in [1.807, 2.05) is 12.1 Å². The van der Waals surface area contributed by atoms with Crippen LogP contribution in [0.4, 0.5) is 5.69 Å². The van der Waals surface area contributed by atoms with Gasteiger partial charge in [0.25, 0.3) is 5.91 Å². The van der Waals surface area contributed by atoms with Crippen LogP contribution >= 0.6 is 34.8 Å². The van der Waals surface area contributed by atoms with Crippen LogP contribution in [0, 0.1) is 5.92 Å². The number of carboxylic acids is 1. The summed E-state index contributed by atoms with van der Waals surface area (Å²) in [6.07, 6.45) is 6.35. The number of nitrogens with one attached hydrogen (secondary N) is 1. The van der Waals surface area contributed by atoms with Crippen LogP contribution in [-0.4, -0.2) is 40.3 Å². The van der Waals surface area contributed by atoms with Crippen molar-refractivity contribution in [2.24, 2.45) is 5.92 Å². The molecule has 2 aromatic rings. The molecule has 0 bridgehead atoms. The summed E-state index contributed by atoms with van der Waals surface area (Å²) < 4.78 is 0. The Morgan fingerprint density at radius 3 is 2.58 bits per heavy atom. The number of carboxylic acid groups (broad SMARTS) is 1. The van der Waals surface area contributed by atoms with E-state index in [9.17, 15) is 19.5 Å². The number of carbonyl (C=O) groups is 3. The molecule has 0 saturated heterocycles. The maximum Gasteiger partial charge on any atom is 0.326 e. The van der Waals surface area contributed by atoms with Crippen molar-refractivity contribution in [1.29, 1.82) is 0 Å². The molecule has 1 aliphatic carbocycles. The Labute approximate surface area is 224 Å². The van der Waals surface area contributed by atoms with Crippen LogP contribution in [0.5, 0.6) is 0 Å². The van der Waals surface area contributed by atoms with Crippen LogP contribution in [0.3, 0.4) is 0 Å². The summed E-state index contributed by atoms with van der Waals surface area (Å²) in [7, 11) is 0. The number of aromatic nitrogens is 1. The van der Waals surface area contributed by atoms with Crippen molar-refractivity contribution < 1.29 is 19.5 Å². The molecule has 0 fully saturated rings. The third-order valence-corrected chi connectivity index (χ3v) is 7.62. The molecule has 2 heterocycles. The monoisotopic (exact) mass is 549 g/mol. The quantitative estimate of drug-likeness (QED) is 0.456. The molecule has 0 radical (unpaired) electrons. The van der Waals surface area contributed by atoms with Crippen molar-refractivity contribution in [3.8, 4) is 0 Å². The number of benzene rings is 1. The highest BCUT2D eigenvalue weighted by Gasteiger charge is 2.31. The van der Waals surface area contributed by atoms with Crippen molar-refractivity contribution in [1.82, 2.24) is 10.3 Å². The number of rotatable bonds is 8. The number of nitrogens with zero attached hydrogens (tertiary/aromatic N) is 2. The van der Waals surface area contributed by atoms with Crippen LogP contribution in [0.2, 0.25) is 10.0 Å². The first-order valence-electron chi connectivity index (χ1n) is 11.8. The number of allylic oxidation sites excluding steroid dienone is 2. The molecule has 1 aliphatic heterocycles. The first-order valence-corrected chi connectivity index (χ1v) is 13.0. The van der Waals surface area contributed by atoms with Crippen molar-refractivity contribution in [3.05, 3.63) is 68.1 Å². The molecular formula is C26H26Cl3N3O4. The summed E-state index contributed by atoms with van der Waals surface area (Å²) in [5.41, 5.74) is 3.17. The molecule has 0 spiro atoms. The lowest BCUT2D eigenvalue weighted by Crippen LogP contribution is -2.40. The van der Waals surface area contributed by atoms with Crippen molar-refractivity contribution in [3.63, 3.8) is 0 Å². The van der Waals surface area contributed by atoms with E-state index in [0.29, 0.717) is 31.5 Å². The van der Waals surface area contributed by atoms with Gasteiger partial charge in [0.05, 0.1) is 15.6 Å². The Balaban J connectivity index is 1.52. The fraction of sp³-hybridized carbons (Fsp3) is 0.385. The van der Waals surface area contributed by atoms with Crippen LogP contribution in [0.15, 0.2) is 41.3 Å². The zero-order chi connectivity index (χ0) is 26.0. The van der Waals surface area contributed by atoms with Gasteiger partial charge < -0.3 is 15.3 Å².